The molecule has 0 fully saturated rings. The summed E-state index contributed by atoms with van der Waals surface area (Å²) in [5.41, 5.74) is 0. The minimum Gasteiger partial charge on any atom is -0.373 e. The lowest BCUT2D eigenvalue weighted by Crippen LogP contribution is -2.07. The van der Waals surface area contributed by atoms with Crippen LogP contribution in [0.5, 0.6) is 0 Å². The minimum atomic E-state index is 0.742. The zero-order chi connectivity index (χ0) is 13.8. The standard InChI is InChI=1S/C10H14N6S3/c1-11-6-5-7(13-8(12-6)17-4)18-10-15-14-9(19-10)16(2)3/h5H,1-4H3,(H,11,12,13). The summed E-state index contributed by atoms with van der Waals surface area (Å²) in [7, 11) is 5.74. The molecule has 9 heteroatoms. The van der Waals surface area contributed by atoms with Gasteiger partial charge >= 0.3 is 0 Å². The molecular formula is C10H14N6S3. The number of thioether (sulfide) groups is 1. The number of rotatable bonds is 5. The van der Waals surface area contributed by atoms with E-state index in [0.717, 1.165) is 25.5 Å². The predicted molar refractivity (Wildman–Crippen MR) is 81.7 cm³/mol. The van der Waals surface area contributed by atoms with Crippen molar-refractivity contribution in [2.45, 2.75) is 14.5 Å². The molecule has 0 aliphatic carbocycles. The van der Waals surface area contributed by atoms with Gasteiger partial charge in [-0.05, 0) is 18.0 Å². The Morgan fingerprint density at radius 3 is 2.63 bits per heavy atom. The van der Waals surface area contributed by atoms with Gasteiger partial charge in [0.1, 0.15) is 10.8 Å². The Balaban J connectivity index is 2.21. The number of hydrogen-bond donors (Lipinski definition) is 1. The zero-order valence-corrected chi connectivity index (χ0v) is 13.5. The lowest BCUT2D eigenvalue weighted by molar-refractivity contribution is 0.894. The summed E-state index contributed by atoms with van der Waals surface area (Å²) in [5.74, 6) is 0.805. The summed E-state index contributed by atoms with van der Waals surface area (Å²) < 4.78 is 0.872. The highest BCUT2D eigenvalue weighted by Crippen LogP contribution is 2.33. The maximum atomic E-state index is 4.45. The van der Waals surface area contributed by atoms with Crippen LogP contribution in [0.1, 0.15) is 0 Å². The van der Waals surface area contributed by atoms with E-state index in [1.165, 1.54) is 23.5 Å². The van der Waals surface area contributed by atoms with E-state index >= 15 is 0 Å². The first-order valence-corrected chi connectivity index (χ1v) is 8.27. The molecule has 6 nitrogen and oxygen atoms in total. The number of anilines is 2. The fourth-order valence-electron chi connectivity index (χ4n) is 1.19. The SMILES string of the molecule is CNc1cc(Sc2nnc(N(C)C)s2)nc(SC)n1. The summed E-state index contributed by atoms with van der Waals surface area (Å²) in [5, 5.41) is 13.8. The maximum Gasteiger partial charge on any atom is 0.208 e. The van der Waals surface area contributed by atoms with Gasteiger partial charge in [0, 0.05) is 27.2 Å². The molecule has 0 aromatic carbocycles. The lowest BCUT2D eigenvalue weighted by atomic mass is 10.6. The Labute approximate surface area is 124 Å². The third-order valence-electron chi connectivity index (χ3n) is 2.09. The molecular weight excluding hydrogens is 300 g/mol. The van der Waals surface area contributed by atoms with E-state index in [-0.39, 0.29) is 0 Å². The van der Waals surface area contributed by atoms with Crippen molar-refractivity contribution in [2.24, 2.45) is 0 Å². The van der Waals surface area contributed by atoms with E-state index in [4.69, 9.17) is 0 Å². The van der Waals surface area contributed by atoms with Crippen molar-refractivity contribution in [3.05, 3.63) is 6.07 Å². The van der Waals surface area contributed by atoms with Crippen LogP contribution in [0.4, 0.5) is 10.9 Å². The summed E-state index contributed by atoms with van der Waals surface area (Å²) in [6.07, 6.45) is 1.96. The summed E-state index contributed by atoms with van der Waals surface area (Å²) >= 11 is 4.56. The Hall–Kier alpha value is -1.06. The summed E-state index contributed by atoms with van der Waals surface area (Å²) in [6, 6.07) is 1.90. The third kappa shape index (κ3) is 3.71. The normalized spacial score (nSPS) is 10.5. The van der Waals surface area contributed by atoms with Crippen molar-refractivity contribution in [3.63, 3.8) is 0 Å². The molecule has 0 amide bonds. The molecule has 0 radical (unpaired) electrons. The predicted octanol–water partition coefficient (Wildman–Crippen LogP) is 2.31. The molecule has 19 heavy (non-hydrogen) atoms. The van der Waals surface area contributed by atoms with Gasteiger partial charge in [0.25, 0.3) is 0 Å². The highest BCUT2D eigenvalue weighted by atomic mass is 32.2. The van der Waals surface area contributed by atoms with Gasteiger partial charge < -0.3 is 10.2 Å². The number of hydrogen-bond acceptors (Lipinski definition) is 9. The minimum absolute atomic E-state index is 0.742. The fraction of sp³-hybridized carbons (Fsp3) is 0.400. The molecule has 0 unspecified atom stereocenters. The number of nitrogens with one attached hydrogen (secondary N) is 1. The van der Waals surface area contributed by atoms with Crippen LogP contribution in [0, 0.1) is 0 Å². The Morgan fingerprint density at radius 1 is 1.26 bits per heavy atom. The third-order valence-corrected chi connectivity index (χ3v) is 4.70. The first-order valence-electron chi connectivity index (χ1n) is 5.42. The zero-order valence-electron chi connectivity index (χ0n) is 11.0. The first kappa shape index (κ1) is 14.4. The van der Waals surface area contributed by atoms with Gasteiger partial charge in [-0.15, -0.1) is 10.2 Å². The quantitative estimate of drug-likeness (QED) is 0.512. The Morgan fingerprint density at radius 2 is 2.05 bits per heavy atom. The van der Waals surface area contributed by atoms with E-state index < -0.39 is 0 Å². The first-order chi connectivity index (χ1) is 9.12. The molecule has 2 heterocycles. The Bertz CT molecular complexity index is 534. The van der Waals surface area contributed by atoms with Crippen molar-refractivity contribution in [2.75, 3.05) is 37.6 Å². The lowest BCUT2D eigenvalue weighted by Gasteiger charge is -2.05. The maximum absolute atomic E-state index is 4.45. The molecule has 0 bridgehead atoms. The molecule has 1 N–H and O–H groups in total. The van der Waals surface area contributed by atoms with Crippen molar-refractivity contribution in [1.29, 1.82) is 0 Å². The fourth-order valence-corrected chi connectivity index (χ4v) is 3.34. The monoisotopic (exact) mass is 314 g/mol. The number of aromatic nitrogens is 4. The van der Waals surface area contributed by atoms with Gasteiger partial charge in [-0.1, -0.05) is 23.1 Å². The van der Waals surface area contributed by atoms with Crippen LogP contribution in [-0.4, -0.2) is 47.6 Å². The van der Waals surface area contributed by atoms with Gasteiger partial charge in [-0.3, -0.25) is 0 Å². The van der Waals surface area contributed by atoms with Gasteiger partial charge in [0.15, 0.2) is 9.50 Å². The second-order valence-corrected chi connectivity index (χ2v) is 6.67. The number of nitrogens with zero attached hydrogens (tertiary/aromatic N) is 5. The van der Waals surface area contributed by atoms with Crippen LogP contribution in [0.2, 0.25) is 0 Å². The highest BCUT2D eigenvalue weighted by molar-refractivity contribution is 8.01. The van der Waals surface area contributed by atoms with Gasteiger partial charge in [-0.25, -0.2) is 9.97 Å². The molecule has 0 saturated carbocycles. The van der Waals surface area contributed by atoms with Crippen molar-refractivity contribution in [3.8, 4) is 0 Å². The average molecular weight is 314 g/mol. The molecule has 0 saturated heterocycles. The molecule has 0 spiro atoms. The van der Waals surface area contributed by atoms with Crippen LogP contribution < -0.4 is 10.2 Å². The van der Waals surface area contributed by atoms with E-state index in [1.807, 2.05) is 38.4 Å². The van der Waals surface area contributed by atoms with Crippen LogP contribution in [0.15, 0.2) is 20.6 Å². The molecule has 0 aliphatic rings. The van der Waals surface area contributed by atoms with Crippen molar-refractivity contribution < 1.29 is 0 Å². The van der Waals surface area contributed by atoms with Gasteiger partial charge in [-0.2, -0.15) is 0 Å². The van der Waals surface area contributed by atoms with Gasteiger partial charge in [0.05, 0.1) is 0 Å². The summed E-state index contributed by atoms with van der Waals surface area (Å²) in [6.45, 7) is 0. The van der Waals surface area contributed by atoms with Crippen LogP contribution >= 0.6 is 34.9 Å². The molecule has 2 aromatic rings. The smallest absolute Gasteiger partial charge is 0.208 e. The van der Waals surface area contributed by atoms with Crippen LogP contribution in [0.25, 0.3) is 0 Å². The summed E-state index contributed by atoms with van der Waals surface area (Å²) in [4.78, 5) is 10.7. The van der Waals surface area contributed by atoms with E-state index in [9.17, 15) is 0 Å². The van der Waals surface area contributed by atoms with Crippen LogP contribution in [-0.2, 0) is 0 Å². The molecule has 0 aliphatic heterocycles. The van der Waals surface area contributed by atoms with E-state index in [2.05, 4.69) is 25.5 Å². The van der Waals surface area contributed by atoms with Gasteiger partial charge in [0.2, 0.25) is 5.13 Å². The van der Waals surface area contributed by atoms with Crippen LogP contribution in [0.3, 0.4) is 0 Å². The largest absolute Gasteiger partial charge is 0.373 e. The second-order valence-electron chi connectivity index (χ2n) is 3.68. The van der Waals surface area contributed by atoms with E-state index in [0.29, 0.717) is 0 Å². The molecule has 2 aromatic heterocycles. The average Bonchev–Trinajstić information content (AvgIpc) is 2.87. The Kier molecular flexibility index (Phi) is 4.83. The molecule has 2 rings (SSSR count). The molecule has 0 atom stereocenters. The van der Waals surface area contributed by atoms with Crippen molar-refractivity contribution in [1.82, 2.24) is 20.2 Å². The van der Waals surface area contributed by atoms with Crippen molar-refractivity contribution >= 4 is 45.8 Å². The highest BCUT2D eigenvalue weighted by Gasteiger charge is 2.10. The van der Waals surface area contributed by atoms with E-state index in [1.54, 1.807) is 11.3 Å². The second kappa shape index (κ2) is 6.40. The topological polar surface area (TPSA) is 66.8 Å². The molecule has 102 valence electrons.